The number of likely N-dealkylation sites (N-methyl/N-ethyl adjacent to an activating group) is 1. The fraction of sp³-hybridized carbons (Fsp3) is 0.647. The van der Waals surface area contributed by atoms with Crippen molar-refractivity contribution in [1.82, 2.24) is 4.90 Å². The van der Waals surface area contributed by atoms with E-state index in [1.165, 1.54) is 11.1 Å². The molecule has 0 aromatic heterocycles. The molecular formula is C17H28N2O. The van der Waals surface area contributed by atoms with Crippen LogP contribution in [0, 0.1) is 5.92 Å². The van der Waals surface area contributed by atoms with Crippen LogP contribution in [0.25, 0.3) is 0 Å². The van der Waals surface area contributed by atoms with E-state index in [1.54, 1.807) is 0 Å². The van der Waals surface area contributed by atoms with Crippen molar-refractivity contribution >= 4 is 0 Å². The zero-order valence-electron chi connectivity index (χ0n) is 13.0. The summed E-state index contributed by atoms with van der Waals surface area (Å²) < 4.78 is 5.85. The van der Waals surface area contributed by atoms with Gasteiger partial charge in [0.25, 0.3) is 0 Å². The SMILES string of the molecule is CCN1CCOC(CN)C1c1ccc(CC(C)C)cc1. The van der Waals surface area contributed by atoms with E-state index in [9.17, 15) is 0 Å². The molecule has 2 N–H and O–H groups in total. The molecule has 20 heavy (non-hydrogen) atoms. The molecule has 0 radical (unpaired) electrons. The summed E-state index contributed by atoms with van der Waals surface area (Å²) >= 11 is 0. The lowest BCUT2D eigenvalue weighted by molar-refractivity contribution is -0.0658. The molecule has 1 aliphatic rings. The minimum Gasteiger partial charge on any atom is -0.374 e. The molecule has 2 atom stereocenters. The van der Waals surface area contributed by atoms with Gasteiger partial charge < -0.3 is 10.5 Å². The van der Waals surface area contributed by atoms with Gasteiger partial charge in [0.1, 0.15) is 0 Å². The smallest absolute Gasteiger partial charge is 0.0894 e. The molecule has 0 saturated carbocycles. The molecule has 0 aliphatic carbocycles. The fourth-order valence-electron chi connectivity index (χ4n) is 3.09. The van der Waals surface area contributed by atoms with Crippen LogP contribution >= 0.6 is 0 Å². The van der Waals surface area contributed by atoms with Crippen molar-refractivity contribution in [3.8, 4) is 0 Å². The van der Waals surface area contributed by atoms with Crippen LogP contribution in [0.3, 0.4) is 0 Å². The van der Waals surface area contributed by atoms with Gasteiger partial charge in [-0.2, -0.15) is 0 Å². The fourth-order valence-corrected chi connectivity index (χ4v) is 3.09. The minimum atomic E-state index is 0.111. The summed E-state index contributed by atoms with van der Waals surface area (Å²) in [4.78, 5) is 2.47. The first-order valence-electron chi connectivity index (χ1n) is 7.80. The lowest BCUT2D eigenvalue weighted by atomic mass is 9.95. The highest BCUT2D eigenvalue weighted by molar-refractivity contribution is 5.26. The topological polar surface area (TPSA) is 38.5 Å². The van der Waals surface area contributed by atoms with Gasteiger partial charge in [-0.05, 0) is 30.0 Å². The molecule has 0 bridgehead atoms. The summed E-state index contributed by atoms with van der Waals surface area (Å²) in [5.41, 5.74) is 8.63. The van der Waals surface area contributed by atoms with Crippen LogP contribution in [0.5, 0.6) is 0 Å². The van der Waals surface area contributed by atoms with E-state index in [-0.39, 0.29) is 6.10 Å². The second kappa shape index (κ2) is 7.21. The van der Waals surface area contributed by atoms with Crippen LogP contribution in [-0.4, -0.2) is 37.2 Å². The third kappa shape index (κ3) is 3.60. The summed E-state index contributed by atoms with van der Waals surface area (Å²) in [7, 11) is 0. The van der Waals surface area contributed by atoms with Gasteiger partial charge in [0.15, 0.2) is 0 Å². The first-order chi connectivity index (χ1) is 9.65. The summed E-state index contributed by atoms with van der Waals surface area (Å²) in [5.74, 6) is 0.697. The van der Waals surface area contributed by atoms with Crippen molar-refractivity contribution in [2.24, 2.45) is 11.7 Å². The van der Waals surface area contributed by atoms with Gasteiger partial charge in [-0.1, -0.05) is 45.0 Å². The van der Waals surface area contributed by atoms with Crippen molar-refractivity contribution in [2.75, 3.05) is 26.2 Å². The maximum Gasteiger partial charge on any atom is 0.0894 e. The Morgan fingerprint density at radius 2 is 2.00 bits per heavy atom. The molecule has 112 valence electrons. The van der Waals surface area contributed by atoms with Gasteiger partial charge in [0, 0.05) is 13.1 Å². The predicted octanol–water partition coefficient (Wildman–Crippen LogP) is 2.61. The standard InChI is InChI=1S/C17H28N2O/c1-4-19-9-10-20-16(12-18)17(19)15-7-5-14(6-8-15)11-13(2)3/h5-8,13,16-17H,4,9-12,18H2,1-3H3. The van der Waals surface area contributed by atoms with Gasteiger partial charge in [-0.15, -0.1) is 0 Å². The summed E-state index contributed by atoms with van der Waals surface area (Å²) in [5, 5.41) is 0. The molecule has 2 rings (SSSR count). The zero-order chi connectivity index (χ0) is 14.5. The summed E-state index contributed by atoms with van der Waals surface area (Å²) in [6.07, 6.45) is 1.25. The quantitative estimate of drug-likeness (QED) is 0.898. The Kier molecular flexibility index (Phi) is 5.58. The molecule has 0 amide bonds. The highest BCUT2D eigenvalue weighted by Crippen LogP contribution is 2.29. The van der Waals surface area contributed by atoms with Crippen molar-refractivity contribution in [2.45, 2.75) is 39.3 Å². The zero-order valence-corrected chi connectivity index (χ0v) is 13.0. The van der Waals surface area contributed by atoms with Crippen LogP contribution in [0.15, 0.2) is 24.3 Å². The van der Waals surface area contributed by atoms with Crippen LogP contribution < -0.4 is 5.73 Å². The Hall–Kier alpha value is -0.900. The monoisotopic (exact) mass is 276 g/mol. The molecule has 1 aliphatic heterocycles. The van der Waals surface area contributed by atoms with Crippen molar-refractivity contribution in [3.05, 3.63) is 35.4 Å². The molecule has 2 unspecified atom stereocenters. The normalized spacial score (nSPS) is 24.2. The van der Waals surface area contributed by atoms with Crippen molar-refractivity contribution in [3.63, 3.8) is 0 Å². The van der Waals surface area contributed by atoms with Crippen molar-refractivity contribution < 1.29 is 4.74 Å². The molecule has 1 heterocycles. The second-order valence-electron chi connectivity index (χ2n) is 6.06. The Balaban J connectivity index is 2.18. The third-order valence-electron chi connectivity index (χ3n) is 4.06. The number of hydrogen-bond acceptors (Lipinski definition) is 3. The van der Waals surface area contributed by atoms with E-state index >= 15 is 0 Å². The number of rotatable bonds is 5. The summed E-state index contributed by atoms with van der Waals surface area (Å²) in [6.45, 7) is 10.1. The Bertz CT molecular complexity index is 390. The van der Waals surface area contributed by atoms with E-state index in [0.717, 1.165) is 26.1 Å². The number of ether oxygens (including phenoxy) is 1. The highest BCUT2D eigenvalue weighted by atomic mass is 16.5. The average molecular weight is 276 g/mol. The number of benzene rings is 1. The van der Waals surface area contributed by atoms with Gasteiger partial charge >= 0.3 is 0 Å². The van der Waals surface area contributed by atoms with Gasteiger partial charge in [-0.3, -0.25) is 4.90 Å². The maximum atomic E-state index is 5.89. The van der Waals surface area contributed by atoms with E-state index in [2.05, 4.69) is 49.9 Å². The Labute approximate surface area is 123 Å². The van der Waals surface area contributed by atoms with Gasteiger partial charge in [-0.25, -0.2) is 0 Å². The van der Waals surface area contributed by atoms with E-state index in [0.29, 0.717) is 18.5 Å². The van der Waals surface area contributed by atoms with Crippen LogP contribution in [0.1, 0.15) is 37.9 Å². The first kappa shape index (κ1) is 15.5. The van der Waals surface area contributed by atoms with Crippen LogP contribution in [0.4, 0.5) is 0 Å². The number of nitrogens with two attached hydrogens (primary N) is 1. The molecule has 1 saturated heterocycles. The molecule has 1 fully saturated rings. The maximum absolute atomic E-state index is 5.89. The van der Waals surface area contributed by atoms with E-state index < -0.39 is 0 Å². The number of hydrogen-bond donors (Lipinski definition) is 1. The average Bonchev–Trinajstić information content (AvgIpc) is 2.46. The highest BCUT2D eigenvalue weighted by Gasteiger charge is 2.31. The molecule has 1 aromatic rings. The number of morpholine rings is 1. The molecule has 3 heteroatoms. The molecular weight excluding hydrogens is 248 g/mol. The van der Waals surface area contributed by atoms with Crippen LogP contribution in [0.2, 0.25) is 0 Å². The minimum absolute atomic E-state index is 0.111. The largest absolute Gasteiger partial charge is 0.374 e. The van der Waals surface area contributed by atoms with Crippen molar-refractivity contribution in [1.29, 1.82) is 0 Å². The molecule has 3 nitrogen and oxygen atoms in total. The summed E-state index contributed by atoms with van der Waals surface area (Å²) in [6, 6.07) is 9.31. The Morgan fingerprint density at radius 3 is 2.55 bits per heavy atom. The molecule has 1 aromatic carbocycles. The van der Waals surface area contributed by atoms with Crippen LogP contribution in [-0.2, 0) is 11.2 Å². The lowest BCUT2D eigenvalue weighted by Crippen LogP contribution is -2.48. The second-order valence-corrected chi connectivity index (χ2v) is 6.06. The van der Waals surface area contributed by atoms with Gasteiger partial charge in [0.05, 0.1) is 18.8 Å². The Morgan fingerprint density at radius 1 is 1.30 bits per heavy atom. The predicted molar refractivity (Wildman–Crippen MR) is 83.8 cm³/mol. The van der Waals surface area contributed by atoms with Gasteiger partial charge in [0.2, 0.25) is 0 Å². The third-order valence-corrected chi connectivity index (χ3v) is 4.06. The lowest BCUT2D eigenvalue weighted by Gasteiger charge is -2.40. The van der Waals surface area contributed by atoms with E-state index in [4.69, 9.17) is 10.5 Å². The first-order valence-corrected chi connectivity index (χ1v) is 7.80. The number of nitrogens with zero attached hydrogens (tertiary/aromatic N) is 1. The van der Waals surface area contributed by atoms with E-state index in [1.807, 2.05) is 0 Å². The molecule has 0 spiro atoms.